The summed E-state index contributed by atoms with van der Waals surface area (Å²) in [5, 5.41) is 24.8. The number of carboxylic acid groups (broad SMARTS) is 2. The third kappa shape index (κ3) is 8.24. The number of hydrogen-bond acceptors (Lipinski definition) is 8. The summed E-state index contributed by atoms with van der Waals surface area (Å²) in [4.78, 5) is 73.4. The summed E-state index contributed by atoms with van der Waals surface area (Å²) >= 11 is 0. The molecule has 0 bridgehead atoms. The van der Waals surface area contributed by atoms with E-state index >= 15 is 0 Å². The lowest BCUT2D eigenvalue weighted by atomic mass is 9.85. The Morgan fingerprint density at radius 3 is 1.26 bits per heavy atom. The van der Waals surface area contributed by atoms with Crippen LogP contribution in [-0.4, -0.2) is 113 Å². The first kappa shape index (κ1) is 44.1. The highest BCUT2D eigenvalue weighted by Crippen LogP contribution is 2.64. The number of carbonyl (C=O) groups excluding carboxylic acids is 2. The second-order valence-electron chi connectivity index (χ2n) is 21.0. The number of aromatic nitrogens is 4. The normalized spacial score (nSPS) is 34.2. The minimum absolute atomic E-state index is 0.0281. The highest BCUT2D eigenvalue weighted by Gasteiger charge is 2.66. The van der Waals surface area contributed by atoms with Crippen LogP contribution in [0.3, 0.4) is 0 Å². The molecule has 66 heavy (non-hydrogen) atoms. The number of benzene rings is 2. The molecule has 2 saturated carbocycles. The zero-order chi connectivity index (χ0) is 46.4. The number of likely N-dealkylation sites (tertiary alicyclic amines) is 2. The summed E-state index contributed by atoms with van der Waals surface area (Å²) in [5.74, 6) is 0.701. The van der Waals surface area contributed by atoms with Gasteiger partial charge in [-0.1, -0.05) is 62.4 Å². The predicted molar refractivity (Wildman–Crippen MR) is 244 cm³/mol. The molecule has 12 atom stereocenters. The molecular weight excluding hydrogens is 841 g/mol. The Morgan fingerprint density at radius 2 is 0.924 bits per heavy atom. The molecule has 4 aliphatic heterocycles. The summed E-state index contributed by atoms with van der Waals surface area (Å²) in [5.41, 5.74) is 5.39. The van der Waals surface area contributed by atoms with Crippen LogP contribution in [0.4, 0.5) is 9.59 Å². The van der Waals surface area contributed by atoms with E-state index in [1.165, 1.54) is 0 Å². The third-order valence-electron chi connectivity index (χ3n) is 15.8. The molecular formula is C50H62N8O8. The molecule has 2 aliphatic carbocycles. The van der Waals surface area contributed by atoms with Gasteiger partial charge >= 0.3 is 12.2 Å². The maximum Gasteiger partial charge on any atom is 0.405 e. The third-order valence-corrected chi connectivity index (χ3v) is 15.8. The van der Waals surface area contributed by atoms with Gasteiger partial charge < -0.3 is 50.1 Å². The Kier molecular flexibility index (Phi) is 11.1. The van der Waals surface area contributed by atoms with Crippen LogP contribution in [0.15, 0.2) is 60.9 Å². The molecule has 350 valence electrons. The quantitative estimate of drug-likeness (QED) is 0.0855. The summed E-state index contributed by atoms with van der Waals surface area (Å²) in [6, 6.07) is 14.2. The van der Waals surface area contributed by atoms with Crippen molar-refractivity contribution in [3.05, 3.63) is 72.6 Å². The number of carbonyl (C=O) groups is 4. The molecule has 6 aliphatic rings. The highest BCUT2D eigenvalue weighted by molar-refractivity contribution is 5.88. The molecule has 2 aromatic carbocycles. The van der Waals surface area contributed by atoms with Gasteiger partial charge in [0.05, 0.1) is 47.9 Å². The smallest absolute Gasteiger partial charge is 0.405 e. The molecule has 4 saturated heterocycles. The highest BCUT2D eigenvalue weighted by atomic mass is 16.5. The van der Waals surface area contributed by atoms with Crippen molar-refractivity contribution in [2.24, 2.45) is 22.7 Å². The van der Waals surface area contributed by atoms with Crippen molar-refractivity contribution in [1.82, 2.24) is 40.4 Å². The number of hydrogen-bond donors (Lipinski definition) is 6. The zero-order valence-corrected chi connectivity index (χ0v) is 38.5. The molecule has 2 aromatic heterocycles. The van der Waals surface area contributed by atoms with Gasteiger partial charge in [0.2, 0.25) is 11.8 Å². The molecule has 0 radical (unpaired) electrons. The fourth-order valence-electron chi connectivity index (χ4n) is 12.4. The average molecular weight is 903 g/mol. The number of nitrogens with one attached hydrogen (secondary N) is 4. The number of H-pyrrole nitrogens is 2. The van der Waals surface area contributed by atoms with Crippen molar-refractivity contribution < 1.29 is 38.9 Å². The minimum Gasteiger partial charge on any atom is -0.465 e. The van der Waals surface area contributed by atoms with E-state index < -0.39 is 24.3 Å². The van der Waals surface area contributed by atoms with Crippen molar-refractivity contribution in [3.63, 3.8) is 0 Å². The molecule has 0 spiro atoms. The minimum atomic E-state index is -1.20. The molecule has 4 amide bonds. The van der Waals surface area contributed by atoms with Crippen molar-refractivity contribution in [2.75, 3.05) is 0 Å². The zero-order valence-electron chi connectivity index (χ0n) is 38.5. The molecule has 6 N–H and O–H groups in total. The monoisotopic (exact) mass is 902 g/mol. The van der Waals surface area contributed by atoms with Gasteiger partial charge in [-0.2, -0.15) is 0 Å². The van der Waals surface area contributed by atoms with Crippen molar-refractivity contribution >= 4 is 24.0 Å². The largest absolute Gasteiger partial charge is 0.465 e. The van der Waals surface area contributed by atoms with E-state index in [4.69, 9.17) is 19.4 Å². The predicted octanol–water partition coefficient (Wildman–Crippen LogP) is 7.92. The first-order chi connectivity index (χ1) is 31.5. The Morgan fingerprint density at radius 1 is 0.591 bits per heavy atom. The number of imidazole rings is 2. The number of ether oxygens (including phenoxy) is 2. The summed E-state index contributed by atoms with van der Waals surface area (Å²) < 4.78 is 11.9. The van der Waals surface area contributed by atoms with Gasteiger partial charge in [0.25, 0.3) is 0 Å². The SMILES string of the molecule is C[C@@H]1CC([C@H](NC(=O)O)C(=O)N2[C@H](c3nc(-c4ccc(-c5ccc(-c6c[nH]c([C@@H]7CC8(C)C[C@H]8N7C(=O)[C@@H](NC(=O)O)C7C[C@@H](C)O[C@H](C)C7)n6)cc5)cc4)c[nH]3)CC3(C)C[C@@H]23)C[C@@H](C)O1. The van der Waals surface area contributed by atoms with E-state index in [1.807, 2.05) is 74.2 Å². The van der Waals surface area contributed by atoms with Crippen molar-refractivity contribution in [1.29, 1.82) is 0 Å². The van der Waals surface area contributed by atoms with E-state index in [1.54, 1.807) is 0 Å². The van der Waals surface area contributed by atoms with Gasteiger partial charge in [-0.3, -0.25) is 9.59 Å². The van der Waals surface area contributed by atoms with Crippen LogP contribution in [0, 0.1) is 22.7 Å². The Balaban J connectivity index is 0.819. The summed E-state index contributed by atoms with van der Waals surface area (Å²) in [6.07, 6.45) is 6.82. The summed E-state index contributed by atoms with van der Waals surface area (Å²) in [7, 11) is 0. The summed E-state index contributed by atoms with van der Waals surface area (Å²) in [6.45, 7) is 12.3. The molecule has 10 rings (SSSR count). The average Bonchev–Trinajstić information content (AvgIpc) is 3.70. The Bertz CT molecular complexity index is 2320. The maximum absolute atomic E-state index is 14.4. The second-order valence-corrected chi connectivity index (χ2v) is 21.0. The van der Waals surface area contributed by atoms with Crippen molar-refractivity contribution in [3.8, 4) is 33.6 Å². The standard InChI is InChI=1S/C50H62N8O8/c1-25-15-33(16-26(2)65-25)41(55-47(61)62)45(59)57-37(19-49(5)21-39(49)57)43-51-23-35(53-43)31-11-7-29(8-12-31)30-9-13-32(14-10-30)36-24-52-44(54-36)38-20-50(6)22-40(50)58(38)46(60)42(56-48(63)64)34-17-27(3)66-28(4)18-34/h7-14,23-28,33-34,37-42,55-56H,15-22H2,1-6H3,(H,51,53)(H,52,54)(H,61,62)(H,63,64)/t25-,26-,27-,28-,37+,38+,39-,40-,41+,42+,49?,50?/m1/s1. The maximum atomic E-state index is 14.4. The van der Waals surface area contributed by atoms with Crippen LogP contribution in [-0.2, 0) is 19.1 Å². The van der Waals surface area contributed by atoms with Gasteiger partial charge in [0.15, 0.2) is 0 Å². The number of fused-ring (bicyclic) bond motifs is 2. The molecule has 2 unspecified atom stereocenters. The lowest BCUT2D eigenvalue weighted by Crippen LogP contribution is -2.54. The molecule has 16 nitrogen and oxygen atoms in total. The van der Waals surface area contributed by atoms with Crippen LogP contribution in [0.5, 0.6) is 0 Å². The Hall–Kier alpha value is -5.74. The first-order valence-electron chi connectivity index (χ1n) is 23.7. The molecule has 6 fully saturated rings. The molecule has 4 aromatic rings. The van der Waals surface area contributed by atoms with Crippen molar-refractivity contribution in [2.45, 2.75) is 154 Å². The lowest BCUT2D eigenvalue weighted by molar-refractivity contribution is -0.140. The van der Waals surface area contributed by atoms with Gasteiger partial charge in [-0.15, -0.1) is 0 Å². The van der Waals surface area contributed by atoms with Crippen LogP contribution in [0.1, 0.15) is 117 Å². The van der Waals surface area contributed by atoms with E-state index in [0.717, 1.165) is 59.3 Å². The van der Waals surface area contributed by atoms with Gasteiger partial charge in [0.1, 0.15) is 23.7 Å². The number of aromatic amines is 2. The van der Waals surface area contributed by atoms with Gasteiger partial charge in [-0.05, 0) is 113 Å². The van der Waals surface area contributed by atoms with E-state index in [-0.39, 0.29) is 83.1 Å². The number of amides is 4. The number of nitrogens with zero attached hydrogens (tertiary/aromatic N) is 4. The Labute approximate surface area is 384 Å². The molecule has 16 heteroatoms. The number of rotatable bonds is 11. The van der Waals surface area contributed by atoms with Gasteiger partial charge in [-0.25, -0.2) is 19.6 Å². The lowest BCUT2D eigenvalue weighted by Gasteiger charge is -2.38. The van der Waals surface area contributed by atoms with Crippen LogP contribution < -0.4 is 10.6 Å². The fourth-order valence-corrected chi connectivity index (χ4v) is 12.4. The van der Waals surface area contributed by atoms with Crippen LogP contribution in [0.2, 0.25) is 0 Å². The first-order valence-corrected chi connectivity index (χ1v) is 23.7. The van der Waals surface area contributed by atoms with E-state index in [0.29, 0.717) is 37.3 Å². The number of piperidine rings is 2. The second kappa shape index (κ2) is 16.5. The fraction of sp³-hybridized carbons (Fsp3) is 0.560. The molecule has 6 heterocycles. The topological polar surface area (TPSA) is 215 Å². The van der Waals surface area contributed by atoms with E-state index in [9.17, 15) is 29.4 Å². The van der Waals surface area contributed by atoms with Crippen LogP contribution in [0.25, 0.3) is 33.6 Å². The van der Waals surface area contributed by atoms with E-state index in [2.05, 4.69) is 58.7 Å². The van der Waals surface area contributed by atoms with Crippen LogP contribution >= 0.6 is 0 Å². The van der Waals surface area contributed by atoms with Gasteiger partial charge in [0, 0.05) is 35.6 Å².